The van der Waals surface area contributed by atoms with E-state index >= 15 is 0 Å². The van der Waals surface area contributed by atoms with E-state index in [1.165, 1.54) is 61.5 Å². The molecular formula is C33H42O9S2. The Hall–Kier alpha value is -3.02. The first-order chi connectivity index (χ1) is 20.8. The summed E-state index contributed by atoms with van der Waals surface area (Å²) >= 11 is 0. The van der Waals surface area contributed by atoms with Crippen molar-refractivity contribution in [1.29, 1.82) is 0 Å². The highest BCUT2D eigenvalue weighted by Crippen LogP contribution is 2.37. The topological polar surface area (TPSA) is 130 Å². The first-order valence-corrected chi connectivity index (χ1v) is 18.2. The van der Waals surface area contributed by atoms with Crippen molar-refractivity contribution in [1.82, 2.24) is 0 Å². The third-order valence-corrected chi connectivity index (χ3v) is 13.7. The number of carbonyl (C=O) groups excluding carboxylic acids is 2. The van der Waals surface area contributed by atoms with Crippen LogP contribution in [0.3, 0.4) is 0 Å². The Bertz CT molecular complexity index is 1460. The van der Waals surface area contributed by atoms with Gasteiger partial charge in [-0.2, -0.15) is 0 Å². The van der Waals surface area contributed by atoms with Gasteiger partial charge in [-0.25, -0.2) is 21.6 Å². The molecule has 0 amide bonds. The summed E-state index contributed by atoms with van der Waals surface area (Å²) in [6.07, 6.45) is 2.17. The molecule has 9 nitrogen and oxygen atoms in total. The molecule has 2 aromatic rings. The first-order valence-electron chi connectivity index (χ1n) is 15.1. The average Bonchev–Trinajstić information content (AvgIpc) is 3.34. The number of rotatable bonds is 13. The van der Waals surface area contributed by atoms with Crippen molar-refractivity contribution in [3.8, 4) is 0 Å². The van der Waals surface area contributed by atoms with Crippen LogP contribution in [0.4, 0.5) is 0 Å². The first kappa shape index (κ1) is 33.9. The van der Waals surface area contributed by atoms with Gasteiger partial charge >= 0.3 is 11.9 Å². The molecule has 44 heavy (non-hydrogen) atoms. The summed E-state index contributed by atoms with van der Waals surface area (Å²) in [4.78, 5) is 24.8. The zero-order valence-corrected chi connectivity index (χ0v) is 27.3. The van der Waals surface area contributed by atoms with Gasteiger partial charge in [0.05, 0.1) is 21.5 Å². The van der Waals surface area contributed by atoms with E-state index in [0.717, 1.165) is 19.3 Å². The molecule has 1 aliphatic heterocycles. The fourth-order valence-electron chi connectivity index (χ4n) is 6.12. The van der Waals surface area contributed by atoms with Gasteiger partial charge in [0.15, 0.2) is 24.3 Å². The van der Waals surface area contributed by atoms with E-state index < -0.39 is 48.6 Å². The maximum absolute atomic E-state index is 13.7. The van der Waals surface area contributed by atoms with Crippen LogP contribution in [0.5, 0.6) is 0 Å². The van der Waals surface area contributed by atoms with Crippen LogP contribution in [-0.2, 0) is 43.5 Å². The van der Waals surface area contributed by atoms with Gasteiger partial charge in [-0.1, -0.05) is 63.6 Å². The van der Waals surface area contributed by atoms with Gasteiger partial charge in [0, 0.05) is 6.92 Å². The van der Waals surface area contributed by atoms with Crippen molar-refractivity contribution in [2.45, 2.75) is 99.1 Å². The predicted octanol–water partition coefficient (Wildman–Crippen LogP) is 5.65. The lowest BCUT2D eigenvalue weighted by molar-refractivity contribution is -0.179. The van der Waals surface area contributed by atoms with Crippen LogP contribution in [0, 0.1) is 17.8 Å². The van der Waals surface area contributed by atoms with E-state index in [9.17, 15) is 26.4 Å². The molecule has 1 heterocycles. The van der Waals surface area contributed by atoms with E-state index in [-0.39, 0.29) is 40.7 Å². The summed E-state index contributed by atoms with van der Waals surface area (Å²) in [5.41, 5.74) is 0.100. The van der Waals surface area contributed by atoms with Gasteiger partial charge in [-0.3, -0.25) is 4.79 Å². The molecular weight excluding hydrogens is 604 g/mol. The van der Waals surface area contributed by atoms with Crippen LogP contribution in [0.2, 0.25) is 0 Å². The Kier molecular flexibility index (Phi) is 11.1. The molecule has 0 unspecified atom stereocenters. The van der Waals surface area contributed by atoms with E-state index in [2.05, 4.69) is 20.8 Å². The molecule has 0 aromatic heterocycles. The number of ether oxygens (including phenoxy) is 3. The van der Waals surface area contributed by atoms with Crippen molar-refractivity contribution < 1.29 is 40.6 Å². The largest absolute Gasteiger partial charge is 0.457 e. The molecule has 11 heteroatoms. The molecule has 0 saturated heterocycles. The van der Waals surface area contributed by atoms with E-state index in [0.29, 0.717) is 17.8 Å². The van der Waals surface area contributed by atoms with Gasteiger partial charge in [-0.15, -0.1) is 0 Å². The van der Waals surface area contributed by atoms with Crippen LogP contribution in [0.25, 0.3) is 0 Å². The van der Waals surface area contributed by atoms with Crippen molar-refractivity contribution in [3.05, 3.63) is 72.3 Å². The number of benzene rings is 2. The third kappa shape index (κ3) is 7.97. The van der Waals surface area contributed by atoms with Gasteiger partial charge in [0.1, 0.15) is 6.10 Å². The minimum Gasteiger partial charge on any atom is -0.457 e. The van der Waals surface area contributed by atoms with Crippen LogP contribution >= 0.6 is 0 Å². The van der Waals surface area contributed by atoms with E-state index in [1.54, 1.807) is 12.1 Å². The Morgan fingerprint density at radius 2 is 1.48 bits per heavy atom. The highest BCUT2D eigenvalue weighted by molar-refractivity contribution is 8.09. The molecule has 0 N–H and O–H groups in total. The molecule has 1 saturated carbocycles. The van der Waals surface area contributed by atoms with E-state index in [1.807, 2.05) is 0 Å². The number of cyclic esters (lactones) is 1. The quantitative estimate of drug-likeness (QED) is 0.254. The predicted molar refractivity (Wildman–Crippen MR) is 165 cm³/mol. The Labute approximate surface area is 260 Å². The normalized spacial score (nSPS) is 23.3. The van der Waals surface area contributed by atoms with Crippen molar-refractivity contribution in [2.75, 3.05) is 0 Å². The van der Waals surface area contributed by atoms with Crippen molar-refractivity contribution in [3.63, 3.8) is 0 Å². The van der Waals surface area contributed by atoms with Gasteiger partial charge in [0.2, 0.25) is 6.29 Å². The molecule has 1 aliphatic carbocycles. The molecule has 2 aliphatic rings. The van der Waals surface area contributed by atoms with Gasteiger partial charge < -0.3 is 14.2 Å². The number of sulfone groups is 2. The van der Waals surface area contributed by atoms with Crippen LogP contribution in [-0.4, -0.2) is 51.9 Å². The average molecular weight is 647 g/mol. The lowest BCUT2D eigenvalue weighted by Crippen LogP contribution is -2.36. The van der Waals surface area contributed by atoms with Crippen molar-refractivity contribution in [2.24, 2.45) is 17.8 Å². The smallest absolute Gasteiger partial charge is 0.340 e. The molecule has 1 fully saturated rings. The van der Waals surface area contributed by atoms with Gasteiger partial charge in [0.25, 0.3) is 0 Å². The summed E-state index contributed by atoms with van der Waals surface area (Å²) in [5, 5.41) is 0. The second kappa shape index (κ2) is 14.4. The number of carbonyl (C=O) groups is 2. The fourth-order valence-corrected chi connectivity index (χ4v) is 10.8. The highest BCUT2D eigenvalue weighted by Gasteiger charge is 2.41. The number of esters is 2. The summed E-state index contributed by atoms with van der Waals surface area (Å²) < 4.78 is 70.2. The monoisotopic (exact) mass is 646 g/mol. The molecule has 240 valence electrons. The fraction of sp³-hybridized carbons (Fsp3) is 0.515. The summed E-state index contributed by atoms with van der Waals surface area (Å²) in [7, 11) is -8.64. The second-order valence-corrected chi connectivity index (χ2v) is 16.6. The minimum absolute atomic E-state index is 0.00738. The third-order valence-electron chi connectivity index (χ3n) is 8.44. The summed E-state index contributed by atoms with van der Waals surface area (Å²) in [6, 6.07) is 14.9. The Morgan fingerprint density at radius 1 is 0.909 bits per heavy atom. The number of hydrogen-bond donors (Lipinski definition) is 0. The maximum atomic E-state index is 13.7. The van der Waals surface area contributed by atoms with Crippen molar-refractivity contribution >= 4 is 31.6 Å². The lowest BCUT2D eigenvalue weighted by Gasteiger charge is -2.37. The van der Waals surface area contributed by atoms with Gasteiger partial charge in [-0.05, 0) is 80.2 Å². The SMILES string of the molecule is CC(=O)O[C@@H](CCCC(S(=O)(=O)c1ccccc1)S(=O)(=O)c1ccccc1)C1=C[C@H](O[C@@H]2C[C@H](C)CC[C@H]2C(C)C)OC1=O. The molecule has 0 radical (unpaired) electrons. The lowest BCUT2D eigenvalue weighted by atomic mass is 9.75. The Morgan fingerprint density at radius 3 is 2.00 bits per heavy atom. The van der Waals surface area contributed by atoms with Crippen LogP contribution in [0.1, 0.15) is 66.2 Å². The molecule has 4 rings (SSSR count). The number of hydrogen-bond acceptors (Lipinski definition) is 9. The second-order valence-electron chi connectivity index (χ2n) is 12.1. The highest BCUT2D eigenvalue weighted by atomic mass is 32.3. The van der Waals surface area contributed by atoms with Crippen LogP contribution in [0.15, 0.2) is 82.1 Å². The summed E-state index contributed by atoms with van der Waals surface area (Å²) in [6.45, 7) is 7.69. The zero-order chi connectivity index (χ0) is 32.1. The standard InChI is InChI=1S/C33H42O9S2/c1-22(2)27-19-18-23(3)20-30(27)41-31-21-28(33(35)42-31)29(40-24(4)34)16-11-17-32(43(36,37)25-12-7-5-8-13-25)44(38,39)26-14-9-6-10-15-26/h5-10,12-15,21-23,27,29-32H,11,16-20H2,1-4H3/t23-,27+,29+,30-,31-/m1/s1. The van der Waals surface area contributed by atoms with E-state index in [4.69, 9.17) is 14.2 Å². The molecule has 0 bridgehead atoms. The summed E-state index contributed by atoms with van der Waals surface area (Å²) in [5.74, 6) is -0.122. The molecule has 2 aromatic carbocycles. The minimum atomic E-state index is -4.32. The maximum Gasteiger partial charge on any atom is 0.340 e. The zero-order valence-electron chi connectivity index (χ0n) is 25.6. The molecule has 0 spiro atoms. The van der Waals surface area contributed by atoms with Crippen LogP contribution < -0.4 is 0 Å². The Balaban J connectivity index is 1.55. The molecule has 5 atom stereocenters.